The molecule has 1 N–H and O–H groups in total. The summed E-state index contributed by atoms with van der Waals surface area (Å²) < 4.78 is 5.96. The number of benzene rings is 1. The number of H-pyrrole nitrogens is 1. The van der Waals surface area contributed by atoms with Gasteiger partial charge in [0, 0.05) is 37.3 Å². The van der Waals surface area contributed by atoms with E-state index >= 15 is 0 Å². The van der Waals surface area contributed by atoms with E-state index in [1.807, 2.05) is 11.0 Å². The number of aromatic nitrogens is 2. The first-order valence-electron chi connectivity index (χ1n) is 8.91. The predicted octanol–water partition coefficient (Wildman–Crippen LogP) is 2.17. The molecular weight excluding hydrogens is 316 g/mol. The molecule has 6 heteroatoms. The van der Waals surface area contributed by atoms with E-state index in [1.165, 1.54) is 5.69 Å². The van der Waals surface area contributed by atoms with Crippen LogP contribution in [0.2, 0.25) is 0 Å². The predicted molar refractivity (Wildman–Crippen MR) is 95.6 cm³/mol. The van der Waals surface area contributed by atoms with Crippen LogP contribution >= 0.6 is 0 Å². The van der Waals surface area contributed by atoms with Crippen molar-refractivity contribution in [2.24, 2.45) is 5.41 Å². The van der Waals surface area contributed by atoms with Gasteiger partial charge in [-0.15, -0.1) is 0 Å². The van der Waals surface area contributed by atoms with E-state index in [0.717, 1.165) is 45.6 Å². The van der Waals surface area contributed by atoms with Crippen molar-refractivity contribution in [3.05, 3.63) is 48.5 Å². The number of piperidine rings is 1. The average Bonchev–Trinajstić information content (AvgIpc) is 3.12. The second kappa shape index (κ2) is 6.88. The molecule has 132 valence electrons. The van der Waals surface area contributed by atoms with E-state index in [2.05, 4.69) is 39.1 Å². The number of para-hydroxylation sites is 1. The van der Waals surface area contributed by atoms with E-state index in [1.54, 1.807) is 12.5 Å². The second-order valence-corrected chi connectivity index (χ2v) is 7.11. The zero-order valence-electron chi connectivity index (χ0n) is 14.4. The normalized spacial score (nSPS) is 24.3. The van der Waals surface area contributed by atoms with Crippen LogP contribution in [0.1, 0.15) is 23.3 Å². The molecule has 1 aromatic carbocycles. The Balaban J connectivity index is 1.53. The third-order valence-corrected chi connectivity index (χ3v) is 5.24. The van der Waals surface area contributed by atoms with E-state index in [4.69, 9.17) is 4.74 Å². The van der Waals surface area contributed by atoms with Gasteiger partial charge in [0.25, 0.3) is 5.91 Å². The molecule has 0 saturated carbocycles. The summed E-state index contributed by atoms with van der Waals surface area (Å²) in [5, 5.41) is 0. The SMILES string of the molecule is O=C(c1cnc[nH]1)N1CCCC2(COCCN(c3ccccc3)C2)C1. The minimum atomic E-state index is -0.0136. The Morgan fingerprint density at radius 1 is 1.20 bits per heavy atom. The van der Waals surface area contributed by atoms with Crippen LogP contribution in [0.25, 0.3) is 0 Å². The zero-order chi connectivity index (χ0) is 17.1. The maximum Gasteiger partial charge on any atom is 0.271 e. The number of carbonyl (C=O) groups excluding carboxylic acids is 1. The molecule has 25 heavy (non-hydrogen) atoms. The zero-order valence-corrected chi connectivity index (χ0v) is 14.4. The molecular formula is C19H24N4O2. The number of nitrogens with zero attached hydrogens (tertiary/aromatic N) is 3. The lowest BCUT2D eigenvalue weighted by Crippen LogP contribution is -2.52. The van der Waals surface area contributed by atoms with Crippen molar-refractivity contribution in [2.75, 3.05) is 44.3 Å². The highest BCUT2D eigenvalue weighted by Crippen LogP contribution is 2.35. The largest absolute Gasteiger partial charge is 0.379 e. The third kappa shape index (κ3) is 3.39. The fourth-order valence-electron chi connectivity index (χ4n) is 4.02. The number of rotatable bonds is 2. The molecule has 3 heterocycles. The first-order valence-corrected chi connectivity index (χ1v) is 8.91. The van der Waals surface area contributed by atoms with Crippen LogP contribution in [-0.4, -0.2) is 60.2 Å². The van der Waals surface area contributed by atoms with Crippen molar-refractivity contribution in [1.82, 2.24) is 14.9 Å². The Kier molecular flexibility index (Phi) is 4.44. The van der Waals surface area contributed by atoms with Crippen LogP contribution < -0.4 is 4.90 Å². The molecule has 2 aliphatic heterocycles. The monoisotopic (exact) mass is 340 g/mol. The Bertz CT molecular complexity index is 703. The van der Waals surface area contributed by atoms with Crippen molar-refractivity contribution in [3.8, 4) is 0 Å². The van der Waals surface area contributed by atoms with Crippen LogP contribution in [0.3, 0.4) is 0 Å². The number of imidazole rings is 1. The lowest BCUT2D eigenvalue weighted by Gasteiger charge is -2.43. The molecule has 1 amide bonds. The van der Waals surface area contributed by atoms with E-state index in [0.29, 0.717) is 12.3 Å². The fraction of sp³-hybridized carbons (Fsp3) is 0.474. The van der Waals surface area contributed by atoms with Crippen molar-refractivity contribution >= 4 is 11.6 Å². The highest BCUT2D eigenvalue weighted by Gasteiger charge is 2.40. The fourth-order valence-corrected chi connectivity index (χ4v) is 4.02. The number of hydrogen-bond acceptors (Lipinski definition) is 4. The van der Waals surface area contributed by atoms with Crippen LogP contribution in [-0.2, 0) is 4.74 Å². The minimum Gasteiger partial charge on any atom is -0.379 e. The summed E-state index contributed by atoms with van der Waals surface area (Å²) in [6.45, 7) is 4.78. The molecule has 1 atom stereocenters. The minimum absolute atomic E-state index is 0.0136. The maximum atomic E-state index is 12.7. The summed E-state index contributed by atoms with van der Waals surface area (Å²) in [7, 11) is 0. The third-order valence-electron chi connectivity index (χ3n) is 5.24. The summed E-state index contributed by atoms with van der Waals surface area (Å²) >= 11 is 0. The van der Waals surface area contributed by atoms with Gasteiger partial charge in [-0.1, -0.05) is 18.2 Å². The summed E-state index contributed by atoms with van der Waals surface area (Å²) in [5.41, 5.74) is 1.77. The van der Waals surface area contributed by atoms with Gasteiger partial charge in [0.15, 0.2) is 0 Å². The molecule has 0 radical (unpaired) electrons. The molecule has 1 spiro atoms. The number of hydrogen-bond donors (Lipinski definition) is 1. The summed E-state index contributed by atoms with van der Waals surface area (Å²) in [6.07, 6.45) is 5.25. The molecule has 0 aliphatic carbocycles. The number of anilines is 1. The van der Waals surface area contributed by atoms with Gasteiger partial charge in [0.1, 0.15) is 5.69 Å². The molecule has 2 aromatic rings. The second-order valence-electron chi connectivity index (χ2n) is 7.11. The number of nitrogens with one attached hydrogen (secondary N) is 1. The topological polar surface area (TPSA) is 61.5 Å². The molecule has 4 rings (SSSR count). The van der Waals surface area contributed by atoms with Gasteiger partial charge in [0.05, 0.1) is 25.7 Å². The molecule has 2 aliphatic rings. The standard InChI is InChI=1S/C19H24N4O2/c24-18(17-11-20-15-21-17)23-8-4-7-19(13-23)12-22(9-10-25-14-19)16-5-2-1-3-6-16/h1-3,5-6,11,15H,4,7-10,12-14H2,(H,20,21). The van der Waals surface area contributed by atoms with E-state index in [9.17, 15) is 4.79 Å². The number of aromatic amines is 1. The Morgan fingerprint density at radius 2 is 2.08 bits per heavy atom. The molecule has 2 fully saturated rings. The van der Waals surface area contributed by atoms with Crippen molar-refractivity contribution < 1.29 is 9.53 Å². The van der Waals surface area contributed by atoms with E-state index < -0.39 is 0 Å². The van der Waals surface area contributed by atoms with E-state index in [-0.39, 0.29) is 11.3 Å². The molecule has 1 unspecified atom stereocenters. The van der Waals surface area contributed by atoms with Crippen molar-refractivity contribution in [3.63, 3.8) is 0 Å². The summed E-state index contributed by atoms with van der Waals surface area (Å²) in [6, 6.07) is 10.5. The van der Waals surface area contributed by atoms with Crippen molar-refractivity contribution in [2.45, 2.75) is 12.8 Å². The Labute approximate surface area is 147 Å². The first kappa shape index (κ1) is 16.1. The molecule has 6 nitrogen and oxygen atoms in total. The van der Waals surface area contributed by atoms with Gasteiger partial charge in [-0.05, 0) is 25.0 Å². The number of carbonyl (C=O) groups is 1. The van der Waals surface area contributed by atoms with Gasteiger partial charge in [0.2, 0.25) is 0 Å². The van der Waals surface area contributed by atoms with Crippen molar-refractivity contribution in [1.29, 1.82) is 0 Å². The number of ether oxygens (including phenoxy) is 1. The summed E-state index contributed by atoms with van der Waals surface area (Å²) in [4.78, 5) is 24.0. The van der Waals surface area contributed by atoms with Crippen LogP contribution in [0, 0.1) is 5.41 Å². The van der Waals surface area contributed by atoms with Gasteiger partial charge >= 0.3 is 0 Å². The highest BCUT2D eigenvalue weighted by molar-refractivity contribution is 5.92. The number of likely N-dealkylation sites (tertiary alicyclic amines) is 1. The Morgan fingerprint density at radius 3 is 2.88 bits per heavy atom. The lowest BCUT2D eigenvalue weighted by atomic mass is 9.80. The van der Waals surface area contributed by atoms with Crippen LogP contribution in [0.15, 0.2) is 42.9 Å². The van der Waals surface area contributed by atoms with Gasteiger partial charge in [-0.3, -0.25) is 4.79 Å². The first-order chi connectivity index (χ1) is 12.3. The average molecular weight is 340 g/mol. The lowest BCUT2D eigenvalue weighted by molar-refractivity contribution is 0.0133. The maximum absolute atomic E-state index is 12.7. The van der Waals surface area contributed by atoms with Gasteiger partial charge in [-0.2, -0.15) is 0 Å². The molecule has 2 saturated heterocycles. The van der Waals surface area contributed by atoms with Gasteiger partial charge < -0.3 is 19.5 Å². The smallest absolute Gasteiger partial charge is 0.271 e. The van der Waals surface area contributed by atoms with Crippen LogP contribution in [0.4, 0.5) is 5.69 Å². The number of amides is 1. The highest BCUT2D eigenvalue weighted by atomic mass is 16.5. The van der Waals surface area contributed by atoms with Crippen LogP contribution in [0.5, 0.6) is 0 Å². The quantitative estimate of drug-likeness (QED) is 0.910. The molecule has 1 aromatic heterocycles. The molecule has 0 bridgehead atoms. The summed E-state index contributed by atoms with van der Waals surface area (Å²) in [5.74, 6) is 0.0343. The van der Waals surface area contributed by atoms with Gasteiger partial charge in [-0.25, -0.2) is 4.98 Å². The Hall–Kier alpha value is -2.34.